The van der Waals surface area contributed by atoms with Crippen molar-refractivity contribution in [1.29, 1.82) is 0 Å². The quantitative estimate of drug-likeness (QED) is 0.658. The van der Waals surface area contributed by atoms with Gasteiger partial charge in [-0.25, -0.2) is 0 Å². The van der Waals surface area contributed by atoms with E-state index < -0.39 is 18.1 Å². The first-order valence-electron chi connectivity index (χ1n) is 4.36. The molecule has 0 radical (unpaired) electrons. The van der Waals surface area contributed by atoms with Crippen LogP contribution < -0.4 is 10.5 Å². The second-order valence-corrected chi connectivity index (χ2v) is 3.09. The van der Waals surface area contributed by atoms with Crippen molar-refractivity contribution >= 4 is 5.97 Å². The predicted molar refractivity (Wildman–Crippen MR) is 53.6 cm³/mol. The summed E-state index contributed by atoms with van der Waals surface area (Å²) in [6.07, 6.45) is -1.24. The monoisotopic (exact) mass is 211 g/mol. The van der Waals surface area contributed by atoms with Gasteiger partial charge in [0.1, 0.15) is 17.9 Å². The van der Waals surface area contributed by atoms with Crippen molar-refractivity contribution in [2.24, 2.45) is 5.73 Å². The minimum absolute atomic E-state index is 0.421. The highest BCUT2D eigenvalue weighted by atomic mass is 16.5. The number of rotatable bonds is 4. The lowest BCUT2D eigenvalue weighted by atomic mass is 10.0. The normalized spacial score (nSPS) is 14.3. The van der Waals surface area contributed by atoms with E-state index in [1.54, 1.807) is 24.3 Å². The molecule has 0 unspecified atom stereocenters. The molecule has 0 saturated heterocycles. The van der Waals surface area contributed by atoms with E-state index in [2.05, 4.69) is 0 Å². The van der Waals surface area contributed by atoms with Crippen LogP contribution in [0.1, 0.15) is 11.7 Å². The summed E-state index contributed by atoms with van der Waals surface area (Å²) in [6.45, 7) is 0. The van der Waals surface area contributed by atoms with E-state index in [9.17, 15) is 9.90 Å². The van der Waals surface area contributed by atoms with Crippen LogP contribution in [0.2, 0.25) is 0 Å². The Morgan fingerprint density at radius 1 is 1.53 bits per heavy atom. The highest BCUT2D eigenvalue weighted by Crippen LogP contribution is 2.20. The Labute approximate surface area is 87.1 Å². The van der Waals surface area contributed by atoms with Gasteiger partial charge in [0.2, 0.25) is 0 Å². The Kier molecular flexibility index (Phi) is 3.65. The van der Waals surface area contributed by atoms with Crippen molar-refractivity contribution in [3.63, 3.8) is 0 Å². The van der Waals surface area contributed by atoms with E-state index in [-0.39, 0.29) is 0 Å². The minimum atomic E-state index is -1.34. The number of methoxy groups -OCH3 is 1. The van der Waals surface area contributed by atoms with Crippen LogP contribution in [0, 0.1) is 0 Å². The number of carboxylic acids is 1. The van der Waals surface area contributed by atoms with Gasteiger partial charge in [-0.05, 0) is 17.7 Å². The number of hydrogen-bond donors (Lipinski definition) is 3. The highest BCUT2D eigenvalue weighted by molar-refractivity contribution is 5.74. The maximum Gasteiger partial charge on any atom is 0.323 e. The molecule has 0 saturated carbocycles. The zero-order chi connectivity index (χ0) is 11.4. The lowest BCUT2D eigenvalue weighted by Crippen LogP contribution is -2.36. The van der Waals surface area contributed by atoms with Gasteiger partial charge in [-0.2, -0.15) is 0 Å². The van der Waals surface area contributed by atoms with Gasteiger partial charge < -0.3 is 20.7 Å². The Hall–Kier alpha value is -1.59. The van der Waals surface area contributed by atoms with E-state index in [1.807, 2.05) is 0 Å². The molecule has 0 amide bonds. The van der Waals surface area contributed by atoms with Crippen LogP contribution in [0.3, 0.4) is 0 Å². The van der Waals surface area contributed by atoms with E-state index in [0.29, 0.717) is 11.3 Å². The first-order valence-corrected chi connectivity index (χ1v) is 4.36. The maximum atomic E-state index is 10.6. The van der Waals surface area contributed by atoms with Crippen molar-refractivity contribution in [2.75, 3.05) is 7.11 Å². The summed E-state index contributed by atoms with van der Waals surface area (Å²) in [7, 11) is 1.49. The molecule has 0 aliphatic carbocycles. The third-order valence-corrected chi connectivity index (χ3v) is 2.06. The molecule has 0 bridgehead atoms. The molecule has 5 heteroatoms. The van der Waals surface area contributed by atoms with Crippen LogP contribution in [-0.4, -0.2) is 29.3 Å². The largest absolute Gasteiger partial charge is 0.497 e. The summed E-state index contributed by atoms with van der Waals surface area (Å²) in [6, 6.07) is 5.16. The average molecular weight is 211 g/mol. The fraction of sp³-hybridized carbons (Fsp3) is 0.300. The maximum absolute atomic E-state index is 10.6. The topological polar surface area (TPSA) is 92.8 Å². The van der Waals surface area contributed by atoms with Crippen molar-refractivity contribution in [1.82, 2.24) is 0 Å². The Balaban J connectivity index is 2.90. The number of ether oxygens (including phenoxy) is 1. The highest BCUT2D eigenvalue weighted by Gasteiger charge is 2.23. The third kappa shape index (κ3) is 2.68. The minimum Gasteiger partial charge on any atom is -0.497 e. The zero-order valence-corrected chi connectivity index (χ0v) is 8.25. The van der Waals surface area contributed by atoms with Crippen LogP contribution in [-0.2, 0) is 4.79 Å². The van der Waals surface area contributed by atoms with Gasteiger partial charge in [0.15, 0.2) is 0 Å². The molecule has 1 aromatic rings. The van der Waals surface area contributed by atoms with Gasteiger partial charge >= 0.3 is 5.97 Å². The molecule has 0 aromatic heterocycles. The average Bonchev–Trinajstić information content (AvgIpc) is 2.27. The summed E-state index contributed by atoms with van der Waals surface area (Å²) in [5, 5.41) is 18.2. The van der Waals surface area contributed by atoms with Gasteiger partial charge in [-0.15, -0.1) is 0 Å². The number of aliphatic hydroxyl groups excluding tert-OH is 1. The zero-order valence-electron chi connectivity index (χ0n) is 8.25. The van der Waals surface area contributed by atoms with Crippen LogP contribution in [0.15, 0.2) is 24.3 Å². The fourth-order valence-corrected chi connectivity index (χ4v) is 1.17. The van der Waals surface area contributed by atoms with E-state index >= 15 is 0 Å². The molecule has 0 aliphatic heterocycles. The molecule has 2 atom stereocenters. The number of nitrogens with two attached hydrogens (primary N) is 1. The fourth-order valence-electron chi connectivity index (χ4n) is 1.17. The Morgan fingerprint density at radius 3 is 2.73 bits per heavy atom. The second kappa shape index (κ2) is 4.77. The molecule has 0 spiro atoms. The predicted octanol–water partition coefficient (Wildman–Crippen LogP) is 0.140. The van der Waals surface area contributed by atoms with Crippen LogP contribution in [0.5, 0.6) is 5.75 Å². The second-order valence-electron chi connectivity index (χ2n) is 3.09. The van der Waals surface area contributed by atoms with Crippen molar-refractivity contribution in [3.05, 3.63) is 29.8 Å². The molecular weight excluding hydrogens is 198 g/mol. The molecule has 4 N–H and O–H groups in total. The molecule has 5 nitrogen and oxygen atoms in total. The van der Waals surface area contributed by atoms with Crippen molar-refractivity contribution < 1.29 is 19.7 Å². The number of carbonyl (C=O) groups is 1. The third-order valence-electron chi connectivity index (χ3n) is 2.06. The molecule has 0 aliphatic rings. The van der Waals surface area contributed by atoms with Gasteiger partial charge in [-0.3, -0.25) is 4.79 Å². The molecule has 0 fully saturated rings. The molecule has 0 heterocycles. The number of carboxylic acid groups (broad SMARTS) is 1. The summed E-state index contributed by atoms with van der Waals surface area (Å²) in [4.78, 5) is 10.6. The smallest absolute Gasteiger partial charge is 0.323 e. The summed E-state index contributed by atoms with van der Waals surface area (Å²) in [5.41, 5.74) is 5.71. The first-order chi connectivity index (χ1) is 7.06. The SMILES string of the molecule is COc1cccc([C@H](O)[C@H](N)C(=O)O)c1. The van der Waals surface area contributed by atoms with Gasteiger partial charge in [0, 0.05) is 0 Å². The molecule has 1 rings (SSSR count). The van der Waals surface area contributed by atoms with Crippen LogP contribution in [0.25, 0.3) is 0 Å². The number of aliphatic carboxylic acids is 1. The summed E-state index contributed by atoms with van der Waals surface area (Å²) < 4.78 is 4.95. The Bertz CT molecular complexity index is 353. The lowest BCUT2D eigenvalue weighted by Gasteiger charge is -2.15. The first kappa shape index (κ1) is 11.5. The number of aliphatic hydroxyl groups is 1. The molecule has 1 aromatic carbocycles. The number of benzene rings is 1. The standard InChI is InChI=1S/C10H13NO4/c1-15-7-4-2-3-6(5-7)9(12)8(11)10(13)14/h2-5,8-9,12H,11H2,1H3,(H,13,14)/t8-,9-/m0/s1. The number of hydrogen-bond acceptors (Lipinski definition) is 4. The summed E-state index contributed by atoms with van der Waals surface area (Å²) in [5.74, 6) is -0.700. The molecule has 82 valence electrons. The summed E-state index contributed by atoms with van der Waals surface area (Å²) >= 11 is 0. The molecular formula is C10H13NO4. The lowest BCUT2D eigenvalue weighted by molar-refractivity contribution is -0.141. The van der Waals surface area contributed by atoms with Crippen LogP contribution in [0.4, 0.5) is 0 Å². The van der Waals surface area contributed by atoms with Gasteiger partial charge in [-0.1, -0.05) is 12.1 Å². The van der Waals surface area contributed by atoms with Crippen LogP contribution >= 0.6 is 0 Å². The van der Waals surface area contributed by atoms with Crippen molar-refractivity contribution in [2.45, 2.75) is 12.1 Å². The van der Waals surface area contributed by atoms with E-state index in [0.717, 1.165) is 0 Å². The van der Waals surface area contributed by atoms with Crippen molar-refractivity contribution in [3.8, 4) is 5.75 Å². The van der Waals surface area contributed by atoms with Gasteiger partial charge in [0.05, 0.1) is 7.11 Å². The Morgan fingerprint density at radius 2 is 2.20 bits per heavy atom. The van der Waals surface area contributed by atoms with E-state index in [4.69, 9.17) is 15.6 Å². The van der Waals surface area contributed by atoms with E-state index in [1.165, 1.54) is 7.11 Å². The van der Waals surface area contributed by atoms with Gasteiger partial charge in [0.25, 0.3) is 0 Å². The molecule has 15 heavy (non-hydrogen) atoms.